The molecule has 0 N–H and O–H groups in total. The molecule has 0 saturated carbocycles. The van der Waals surface area contributed by atoms with E-state index in [1.54, 1.807) is 0 Å². The summed E-state index contributed by atoms with van der Waals surface area (Å²) in [7, 11) is -3.52. The number of aromatic nitrogens is 2. The summed E-state index contributed by atoms with van der Waals surface area (Å²) in [5, 5.41) is -0.122. The quantitative estimate of drug-likeness (QED) is 0.551. The van der Waals surface area contributed by atoms with Crippen LogP contribution in [0.5, 0.6) is 0 Å². The van der Waals surface area contributed by atoms with E-state index in [-0.39, 0.29) is 23.0 Å². The van der Waals surface area contributed by atoms with Crippen LogP contribution in [0.3, 0.4) is 0 Å². The van der Waals surface area contributed by atoms with Crippen molar-refractivity contribution in [2.24, 2.45) is 0 Å². The van der Waals surface area contributed by atoms with Gasteiger partial charge in [-0.25, -0.2) is 18.4 Å². The van der Waals surface area contributed by atoms with Crippen LogP contribution in [0.25, 0.3) is 0 Å². The van der Waals surface area contributed by atoms with Crippen molar-refractivity contribution in [1.82, 2.24) is 9.97 Å². The Morgan fingerprint density at radius 1 is 1.29 bits per heavy atom. The molecule has 1 saturated heterocycles. The Labute approximate surface area is 128 Å². The fourth-order valence-corrected chi connectivity index (χ4v) is 3.28. The van der Waals surface area contributed by atoms with E-state index in [0.29, 0.717) is 31.2 Å². The van der Waals surface area contributed by atoms with Gasteiger partial charge in [-0.1, -0.05) is 11.6 Å². The Morgan fingerprint density at radius 2 is 2.05 bits per heavy atom. The van der Waals surface area contributed by atoms with Crippen molar-refractivity contribution in [1.29, 1.82) is 0 Å². The first-order valence-corrected chi connectivity index (χ1v) is 8.92. The molecule has 3 heterocycles. The summed E-state index contributed by atoms with van der Waals surface area (Å²) < 4.78 is 34.6. The zero-order chi connectivity index (χ0) is 15.0. The van der Waals surface area contributed by atoms with E-state index in [4.69, 9.17) is 21.1 Å². The minimum Gasteiger partial charge on any atom is -0.379 e. The van der Waals surface area contributed by atoms with Crippen LogP contribution in [-0.4, -0.2) is 57.0 Å². The molecule has 0 bridgehead atoms. The Hall–Kier alpha value is -0.960. The average molecular weight is 334 g/mol. The molecule has 0 unspecified atom stereocenters. The van der Waals surface area contributed by atoms with Crippen molar-refractivity contribution in [3.8, 4) is 0 Å². The smallest absolute Gasteiger partial charge is 0.250 e. The van der Waals surface area contributed by atoms with E-state index in [9.17, 15) is 8.42 Å². The van der Waals surface area contributed by atoms with Gasteiger partial charge < -0.3 is 14.4 Å². The van der Waals surface area contributed by atoms with Crippen molar-refractivity contribution in [3.63, 3.8) is 0 Å². The van der Waals surface area contributed by atoms with Gasteiger partial charge in [-0.15, -0.1) is 0 Å². The monoisotopic (exact) mass is 333 g/mol. The van der Waals surface area contributed by atoms with Crippen molar-refractivity contribution in [3.05, 3.63) is 10.7 Å². The molecule has 1 fully saturated rings. The maximum Gasteiger partial charge on any atom is 0.250 e. The summed E-state index contributed by atoms with van der Waals surface area (Å²) in [5.41, 5.74) is 0.633. The molecule has 9 heteroatoms. The van der Waals surface area contributed by atoms with Crippen LogP contribution >= 0.6 is 11.6 Å². The van der Waals surface area contributed by atoms with Crippen molar-refractivity contribution in [2.75, 3.05) is 37.5 Å². The summed E-state index contributed by atoms with van der Waals surface area (Å²) in [6, 6.07) is 0.00660. The van der Waals surface area contributed by atoms with Gasteiger partial charge in [0.15, 0.2) is 0 Å². The molecule has 3 rings (SSSR count). The zero-order valence-corrected chi connectivity index (χ0v) is 13.2. The lowest BCUT2D eigenvalue weighted by Crippen LogP contribution is -2.40. The van der Waals surface area contributed by atoms with Crippen LogP contribution in [-0.2, 0) is 25.9 Å². The summed E-state index contributed by atoms with van der Waals surface area (Å²) in [4.78, 5) is 10.2. The number of ether oxygens (including phenoxy) is 2. The van der Waals surface area contributed by atoms with Crippen LogP contribution in [0.2, 0.25) is 5.15 Å². The number of hydrogen-bond donors (Lipinski definition) is 0. The fourth-order valence-electron chi connectivity index (χ4n) is 2.50. The molecule has 0 aromatic carbocycles. The predicted octanol–water partition coefficient (Wildman–Crippen LogP) is 0.659. The van der Waals surface area contributed by atoms with E-state index in [1.807, 2.05) is 4.90 Å². The molecule has 2 aliphatic rings. The van der Waals surface area contributed by atoms with E-state index < -0.39 is 9.84 Å². The van der Waals surface area contributed by atoms with E-state index in [1.165, 1.54) is 0 Å². The normalized spacial score (nSPS) is 23.0. The number of hydrogen-bond acceptors (Lipinski definition) is 7. The number of fused-ring (bicyclic) bond motifs is 3. The second-order valence-corrected chi connectivity index (χ2v) is 7.43. The zero-order valence-electron chi connectivity index (χ0n) is 11.6. The highest BCUT2D eigenvalue weighted by Crippen LogP contribution is 2.31. The molecule has 0 spiro atoms. The first-order chi connectivity index (χ1) is 9.97. The molecule has 1 aromatic heterocycles. The molecule has 0 amide bonds. The average Bonchev–Trinajstić information content (AvgIpc) is 2.72. The minimum atomic E-state index is -3.52. The van der Waals surface area contributed by atoms with Gasteiger partial charge in [-0.05, 0) is 6.42 Å². The van der Waals surface area contributed by atoms with Gasteiger partial charge in [0.05, 0.1) is 31.4 Å². The highest BCUT2D eigenvalue weighted by molar-refractivity contribution is 7.90. The SMILES string of the molecule is CS(=O)(=O)c1nc(Cl)c2c(n1)N1CCCOC[C@H]1COC2. The van der Waals surface area contributed by atoms with Crippen LogP contribution in [0, 0.1) is 0 Å². The summed E-state index contributed by atoms with van der Waals surface area (Å²) in [6.07, 6.45) is 1.91. The molecule has 21 heavy (non-hydrogen) atoms. The van der Waals surface area contributed by atoms with Gasteiger partial charge in [-0.3, -0.25) is 0 Å². The predicted molar refractivity (Wildman–Crippen MR) is 76.4 cm³/mol. The van der Waals surface area contributed by atoms with Crippen molar-refractivity contribution >= 4 is 27.3 Å². The van der Waals surface area contributed by atoms with Crippen molar-refractivity contribution < 1.29 is 17.9 Å². The highest BCUT2D eigenvalue weighted by Gasteiger charge is 2.31. The van der Waals surface area contributed by atoms with E-state index >= 15 is 0 Å². The maximum absolute atomic E-state index is 11.7. The summed E-state index contributed by atoms with van der Waals surface area (Å²) >= 11 is 6.14. The van der Waals surface area contributed by atoms with Gasteiger partial charge in [0.25, 0.3) is 0 Å². The maximum atomic E-state index is 11.7. The topological polar surface area (TPSA) is 81.6 Å². The number of sulfone groups is 1. The third kappa shape index (κ3) is 2.98. The molecule has 1 aromatic rings. The molecule has 1 atom stereocenters. The first-order valence-electron chi connectivity index (χ1n) is 6.65. The largest absolute Gasteiger partial charge is 0.379 e. The lowest BCUT2D eigenvalue weighted by molar-refractivity contribution is 0.0731. The molecule has 0 aliphatic carbocycles. The standard InChI is InChI=1S/C12H16ClN3O4S/c1-21(17,18)12-14-10(13)9-7-20-6-8-5-19-4-2-3-16(8)11(9)15-12/h8H,2-7H2,1H3/t8-/m0/s1. The number of rotatable bonds is 1. The molecule has 2 aliphatic heterocycles. The lowest BCUT2D eigenvalue weighted by atomic mass is 10.2. The number of nitrogens with zero attached hydrogens (tertiary/aromatic N) is 3. The molecular formula is C12H16ClN3O4S. The Morgan fingerprint density at radius 3 is 2.81 bits per heavy atom. The molecular weight excluding hydrogens is 318 g/mol. The van der Waals surface area contributed by atoms with Crippen LogP contribution in [0.1, 0.15) is 12.0 Å². The summed E-state index contributed by atoms with van der Waals surface area (Å²) in [6.45, 7) is 2.67. The lowest BCUT2D eigenvalue weighted by Gasteiger charge is -2.28. The van der Waals surface area contributed by atoms with Gasteiger partial charge in [-0.2, -0.15) is 0 Å². The molecule has 7 nitrogen and oxygen atoms in total. The highest BCUT2D eigenvalue weighted by atomic mass is 35.5. The second-order valence-electron chi connectivity index (χ2n) is 5.16. The molecule has 0 radical (unpaired) electrons. The van der Waals surface area contributed by atoms with Crippen LogP contribution in [0.15, 0.2) is 5.16 Å². The van der Waals surface area contributed by atoms with Crippen molar-refractivity contribution in [2.45, 2.75) is 24.2 Å². The fraction of sp³-hybridized carbons (Fsp3) is 0.667. The first kappa shape index (κ1) is 15.0. The van der Waals surface area contributed by atoms with Crippen LogP contribution in [0.4, 0.5) is 5.82 Å². The van der Waals surface area contributed by atoms with Gasteiger partial charge >= 0.3 is 0 Å². The van der Waals surface area contributed by atoms with Gasteiger partial charge in [0.2, 0.25) is 15.0 Å². The Bertz CT molecular complexity index is 652. The van der Waals surface area contributed by atoms with Gasteiger partial charge in [0.1, 0.15) is 11.0 Å². The Balaban J connectivity index is 2.13. The third-order valence-electron chi connectivity index (χ3n) is 3.51. The second kappa shape index (κ2) is 5.68. The van der Waals surface area contributed by atoms with E-state index in [2.05, 4.69) is 9.97 Å². The van der Waals surface area contributed by atoms with E-state index in [0.717, 1.165) is 19.2 Å². The van der Waals surface area contributed by atoms with Gasteiger partial charge in [0, 0.05) is 19.4 Å². The third-order valence-corrected chi connectivity index (χ3v) is 4.67. The van der Waals surface area contributed by atoms with Crippen LogP contribution < -0.4 is 4.90 Å². The number of anilines is 1. The Kier molecular flexibility index (Phi) is 4.04. The molecule has 116 valence electrons. The number of halogens is 1. The summed E-state index contributed by atoms with van der Waals surface area (Å²) in [5.74, 6) is 0.545. The minimum absolute atomic E-state index is 0.00660.